The van der Waals surface area contributed by atoms with Crippen molar-refractivity contribution in [3.05, 3.63) is 23.2 Å². The Hall–Kier alpha value is -1.66. The summed E-state index contributed by atoms with van der Waals surface area (Å²) in [5.74, 6) is 0.581. The Balaban J connectivity index is 1.87. The van der Waals surface area contributed by atoms with Gasteiger partial charge in [0.25, 0.3) is 0 Å². The molecular formula is C12H14N4OS. The van der Waals surface area contributed by atoms with Crippen LogP contribution in [0.2, 0.25) is 0 Å². The zero-order valence-electron chi connectivity index (χ0n) is 9.80. The monoisotopic (exact) mass is 262 g/mol. The van der Waals surface area contributed by atoms with Gasteiger partial charge >= 0.3 is 0 Å². The molecule has 3 rings (SSSR count). The molecule has 1 aliphatic rings. The third-order valence-electron chi connectivity index (χ3n) is 3.21. The van der Waals surface area contributed by atoms with E-state index in [1.54, 1.807) is 22.4 Å². The van der Waals surface area contributed by atoms with E-state index in [0.29, 0.717) is 12.4 Å². The first kappa shape index (κ1) is 11.4. The number of fused-ring (bicyclic) bond motifs is 1. The fourth-order valence-corrected chi connectivity index (χ4v) is 3.30. The number of amides is 1. The number of pyridine rings is 1. The smallest absolute Gasteiger partial charge is 0.239 e. The van der Waals surface area contributed by atoms with Gasteiger partial charge in [-0.05, 0) is 18.6 Å². The first-order valence-electron chi connectivity index (χ1n) is 5.82. The molecular weight excluding hydrogens is 248 g/mol. The van der Waals surface area contributed by atoms with Crippen molar-refractivity contribution in [1.82, 2.24) is 9.88 Å². The molecule has 0 radical (unpaired) electrons. The normalized spacial score (nSPS) is 19.9. The highest BCUT2D eigenvalue weighted by atomic mass is 32.1. The molecule has 2 aromatic heterocycles. The molecule has 0 aromatic carbocycles. The van der Waals surface area contributed by atoms with Crippen LogP contribution < -0.4 is 11.5 Å². The highest BCUT2D eigenvalue weighted by Gasteiger charge is 2.28. The average Bonchev–Trinajstić information content (AvgIpc) is 2.89. The summed E-state index contributed by atoms with van der Waals surface area (Å²) in [5, 5.41) is 0.966. The second-order valence-corrected chi connectivity index (χ2v) is 5.64. The highest BCUT2D eigenvalue weighted by molar-refractivity contribution is 7.19. The first-order chi connectivity index (χ1) is 8.65. The van der Waals surface area contributed by atoms with Gasteiger partial charge in [0, 0.05) is 27.7 Å². The number of carbonyl (C=O) groups is 1. The lowest BCUT2D eigenvalue weighted by molar-refractivity contribution is -0.129. The Labute approximate surface area is 108 Å². The number of likely N-dealkylation sites (tertiary alicyclic amines) is 1. The van der Waals surface area contributed by atoms with Crippen molar-refractivity contribution in [1.29, 1.82) is 0 Å². The van der Waals surface area contributed by atoms with Crippen LogP contribution >= 0.6 is 11.3 Å². The van der Waals surface area contributed by atoms with Gasteiger partial charge in [-0.25, -0.2) is 4.98 Å². The first-order valence-corrected chi connectivity index (χ1v) is 6.64. The number of nitrogens with two attached hydrogens (primary N) is 2. The molecule has 6 heteroatoms. The van der Waals surface area contributed by atoms with Crippen molar-refractivity contribution in [2.75, 3.05) is 12.3 Å². The zero-order chi connectivity index (χ0) is 12.7. The summed E-state index contributed by atoms with van der Waals surface area (Å²) in [6.07, 6.45) is 2.45. The van der Waals surface area contributed by atoms with Gasteiger partial charge in [0.1, 0.15) is 5.82 Å². The van der Waals surface area contributed by atoms with Gasteiger partial charge in [0.15, 0.2) is 0 Å². The SMILES string of the molecule is Nc1nccc2sc(CN3CC[C@H](N)C3=O)cc12. The van der Waals surface area contributed by atoms with Crippen LogP contribution in [0.3, 0.4) is 0 Å². The molecule has 0 unspecified atom stereocenters. The molecule has 4 N–H and O–H groups in total. The van der Waals surface area contributed by atoms with Crippen LogP contribution in [-0.2, 0) is 11.3 Å². The standard InChI is InChI=1S/C12H14N4OS/c13-9-2-4-16(12(9)17)6-7-5-8-10(18-7)1-3-15-11(8)14/h1,3,5,9H,2,4,6,13H2,(H2,14,15)/t9-/m0/s1. The minimum absolute atomic E-state index is 0.0403. The maximum atomic E-state index is 11.8. The third kappa shape index (κ3) is 1.83. The van der Waals surface area contributed by atoms with Gasteiger partial charge in [-0.15, -0.1) is 11.3 Å². The van der Waals surface area contributed by atoms with Crippen LogP contribution in [0.25, 0.3) is 10.1 Å². The van der Waals surface area contributed by atoms with E-state index in [0.717, 1.165) is 27.9 Å². The van der Waals surface area contributed by atoms with Crippen molar-refractivity contribution in [2.45, 2.75) is 19.0 Å². The van der Waals surface area contributed by atoms with Crippen LogP contribution in [-0.4, -0.2) is 28.4 Å². The van der Waals surface area contributed by atoms with E-state index in [1.165, 1.54) is 0 Å². The van der Waals surface area contributed by atoms with E-state index in [-0.39, 0.29) is 11.9 Å². The van der Waals surface area contributed by atoms with E-state index < -0.39 is 0 Å². The Bertz CT molecular complexity index is 609. The Morgan fingerprint density at radius 3 is 3.06 bits per heavy atom. The van der Waals surface area contributed by atoms with Crippen molar-refractivity contribution < 1.29 is 4.79 Å². The summed E-state index contributed by atoms with van der Waals surface area (Å²) < 4.78 is 1.11. The molecule has 1 aliphatic heterocycles. The van der Waals surface area contributed by atoms with Gasteiger partial charge in [0.05, 0.1) is 12.6 Å². The number of anilines is 1. The Kier molecular flexibility index (Phi) is 2.68. The molecule has 18 heavy (non-hydrogen) atoms. The molecule has 1 fully saturated rings. The van der Waals surface area contributed by atoms with Gasteiger partial charge in [-0.2, -0.15) is 0 Å². The number of thiophene rings is 1. The Morgan fingerprint density at radius 1 is 1.56 bits per heavy atom. The molecule has 0 saturated carbocycles. The predicted octanol–water partition coefficient (Wildman–Crippen LogP) is 0.938. The Morgan fingerprint density at radius 2 is 2.39 bits per heavy atom. The lowest BCUT2D eigenvalue weighted by Crippen LogP contribution is -2.33. The number of carbonyl (C=O) groups excluding carboxylic acids is 1. The fourth-order valence-electron chi connectivity index (χ4n) is 2.22. The van der Waals surface area contributed by atoms with Crippen molar-refractivity contribution in [3.63, 3.8) is 0 Å². The average molecular weight is 262 g/mol. The van der Waals surface area contributed by atoms with Crippen LogP contribution in [0.4, 0.5) is 5.82 Å². The molecule has 1 atom stereocenters. The summed E-state index contributed by atoms with van der Waals surface area (Å²) >= 11 is 1.65. The second-order valence-electron chi connectivity index (χ2n) is 4.48. The van der Waals surface area contributed by atoms with Crippen LogP contribution in [0.1, 0.15) is 11.3 Å². The van der Waals surface area contributed by atoms with Crippen molar-refractivity contribution in [2.24, 2.45) is 5.73 Å². The number of nitrogens with zero attached hydrogens (tertiary/aromatic N) is 2. The summed E-state index contributed by atoms with van der Waals surface area (Å²) in [5.41, 5.74) is 11.5. The maximum Gasteiger partial charge on any atom is 0.239 e. The molecule has 3 heterocycles. The number of nitrogen functional groups attached to an aromatic ring is 1. The molecule has 5 nitrogen and oxygen atoms in total. The molecule has 1 amide bonds. The zero-order valence-corrected chi connectivity index (χ0v) is 10.6. The van der Waals surface area contributed by atoms with Crippen molar-refractivity contribution >= 4 is 33.1 Å². The van der Waals surface area contributed by atoms with Crippen LogP contribution in [0, 0.1) is 0 Å². The van der Waals surface area contributed by atoms with E-state index >= 15 is 0 Å². The van der Waals surface area contributed by atoms with E-state index in [2.05, 4.69) is 4.98 Å². The minimum atomic E-state index is -0.328. The molecule has 94 valence electrons. The lowest BCUT2D eigenvalue weighted by atomic mass is 10.3. The fraction of sp³-hybridized carbons (Fsp3) is 0.333. The quantitative estimate of drug-likeness (QED) is 0.843. The third-order valence-corrected chi connectivity index (χ3v) is 4.30. The summed E-state index contributed by atoms with van der Waals surface area (Å²) in [4.78, 5) is 18.7. The topological polar surface area (TPSA) is 85.2 Å². The van der Waals surface area contributed by atoms with Gasteiger partial charge in [-0.1, -0.05) is 0 Å². The second kappa shape index (κ2) is 4.22. The highest BCUT2D eigenvalue weighted by Crippen LogP contribution is 2.29. The summed E-state index contributed by atoms with van der Waals surface area (Å²) in [6, 6.07) is 3.63. The summed E-state index contributed by atoms with van der Waals surface area (Å²) in [7, 11) is 0. The molecule has 1 saturated heterocycles. The molecule has 2 aromatic rings. The number of aromatic nitrogens is 1. The summed E-state index contributed by atoms with van der Waals surface area (Å²) in [6.45, 7) is 1.35. The maximum absolute atomic E-state index is 11.8. The van der Waals surface area contributed by atoms with E-state index in [4.69, 9.17) is 11.5 Å². The number of hydrogen-bond donors (Lipinski definition) is 2. The van der Waals surface area contributed by atoms with Gasteiger partial charge in [0.2, 0.25) is 5.91 Å². The van der Waals surface area contributed by atoms with Crippen LogP contribution in [0.15, 0.2) is 18.3 Å². The lowest BCUT2D eigenvalue weighted by Gasteiger charge is -2.14. The van der Waals surface area contributed by atoms with Crippen LogP contribution in [0.5, 0.6) is 0 Å². The van der Waals surface area contributed by atoms with E-state index in [1.807, 2.05) is 12.1 Å². The van der Waals surface area contributed by atoms with E-state index in [9.17, 15) is 4.79 Å². The predicted molar refractivity (Wildman–Crippen MR) is 72.0 cm³/mol. The largest absolute Gasteiger partial charge is 0.383 e. The minimum Gasteiger partial charge on any atom is -0.383 e. The molecule has 0 aliphatic carbocycles. The van der Waals surface area contributed by atoms with Gasteiger partial charge in [-0.3, -0.25) is 4.79 Å². The number of rotatable bonds is 2. The van der Waals surface area contributed by atoms with Crippen molar-refractivity contribution in [3.8, 4) is 0 Å². The molecule has 0 bridgehead atoms. The molecule has 0 spiro atoms. The number of hydrogen-bond acceptors (Lipinski definition) is 5. The van der Waals surface area contributed by atoms with Gasteiger partial charge < -0.3 is 16.4 Å².